The van der Waals surface area contributed by atoms with Gasteiger partial charge in [-0.1, -0.05) is 24.3 Å². The summed E-state index contributed by atoms with van der Waals surface area (Å²) in [6, 6.07) is 17.7. The quantitative estimate of drug-likeness (QED) is 0.655. The second kappa shape index (κ2) is 7.43. The van der Waals surface area contributed by atoms with Gasteiger partial charge in [-0.2, -0.15) is 5.10 Å². The van der Waals surface area contributed by atoms with Crippen LogP contribution < -0.4 is 14.2 Å². The van der Waals surface area contributed by atoms with Gasteiger partial charge < -0.3 is 24.4 Å². The van der Waals surface area contributed by atoms with Gasteiger partial charge in [0.2, 0.25) is 6.23 Å². The van der Waals surface area contributed by atoms with E-state index in [2.05, 4.69) is 0 Å². The summed E-state index contributed by atoms with van der Waals surface area (Å²) in [6.45, 7) is 0. The maximum Gasteiger partial charge on any atom is 0.214 e. The van der Waals surface area contributed by atoms with Crippen LogP contribution in [0.15, 0.2) is 65.8 Å². The van der Waals surface area contributed by atoms with E-state index in [1.807, 2.05) is 29.3 Å². The molecular formula is C24H22N2O5. The van der Waals surface area contributed by atoms with Crippen molar-refractivity contribution in [3.8, 4) is 28.7 Å². The predicted molar refractivity (Wildman–Crippen MR) is 115 cm³/mol. The van der Waals surface area contributed by atoms with E-state index < -0.39 is 6.23 Å². The number of rotatable bonds is 4. The number of aromatic hydroxyl groups is 2. The Morgan fingerprint density at radius 3 is 2.61 bits per heavy atom. The van der Waals surface area contributed by atoms with Gasteiger partial charge in [-0.05, 0) is 36.4 Å². The van der Waals surface area contributed by atoms with Crippen LogP contribution in [0.3, 0.4) is 0 Å². The van der Waals surface area contributed by atoms with Crippen LogP contribution >= 0.6 is 0 Å². The standard InChI is InChI=1S/C24H22N2O5/c1-29-16-9-10-21(28)18(12-16)19-13-20-17-7-4-8-22(30-2)23(17)31-24(26(20)25-19)14-5-3-6-15(27)11-14/h3-12,20,24,27-28H,13H2,1-2H3/t20-,24-/m1/s1. The summed E-state index contributed by atoms with van der Waals surface area (Å²) in [4.78, 5) is 0. The number of benzene rings is 3. The van der Waals surface area contributed by atoms with E-state index in [0.717, 1.165) is 16.8 Å². The Morgan fingerprint density at radius 2 is 1.84 bits per heavy atom. The molecule has 0 saturated carbocycles. The number of hydrogen-bond acceptors (Lipinski definition) is 7. The Morgan fingerprint density at radius 1 is 1.00 bits per heavy atom. The van der Waals surface area contributed by atoms with Gasteiger partial charge in [-0.15, -0.1) is 0 Å². The lowest BCUT2D eigenvalue weighted by Crippen LogP contribution is -2.33. The third-order valence-corrected chi connectivity index (χ3v) is 5.67. The summed E-state index contributed by atoms with van der Waals surface area (Å²) in [5.41, 5.74) is 3.07. The summed E-state index contributed by atoms with van der Waals surface area (Å²) in [7, 11) is 3.20. The minimum Gasteiger partial charge on any atom is -0.508 e. The molecule has 0 aromatic heterocycles. The molecule has 0 unspecified atom stereocenters. The molecule has 0 saturated heterocycles. The molecule has 7 nitrogen and oxygen atoms in total. The lowest BCUT2D eigenvalue weighted by atomic mass is 9.95. The van der Waals surface area contributed by atoms with Crippen molar-refractivity contribution in [2.75, 3.05) is 14.2 Å². The van der Waals surface area contributed by atoms with Crippen molar-refractivity contribution in [1.82, 2.24) is 5.01 Å². The Labute approximate surface area is 179 Å². The number of hydrogen-bond donors (Lipinski definition) is 2. The molecule has 0 spiro atoms. The molecule has 2 N–H and O–H groups in total. The number of ether oxygens (including phenoxy) is 3. The zero-order chi connectivity index (χ0) is 21.5. The van der Waals surface area contributed by atoms with Crippen LogP contribution in [0.5, 0.6) is 28.7 Å². The van der Waals surface area contributed by atoms with E-state index in [-0.39, 0.29) is 17.5 Å². The molecule has 0 fully saturated rings. The molecule has 0 bridgehead atoms. The van der Waals surface area contributed by atoms with E-state index in [1.54, 1.807) is 50.6 Å². The Bertz CT molecular complexity index is 1180. The number of fused-ring (bicyclic) bond motifs is 3. The highest BCUT2D eigenvalue weighted by molar-refractivity contribution is 6.04. The van der Waals surface area contributed by atoms with Crippen molar-refractivity contribution in [1.29, 1.82) is 0 Å². The Balaban J connectivity index is 1.64. The fraction of sp³-hybridized carbons (Fsp3) is 0.208. The van der Waals surface area contributed by atoms with Crippen molar-refractivity contribution in [2.24, 2.45) is 5.10 Å². The van der Waals surface area contributed by atoms with E-state index >= 15 is 0 Å². The molecule has 3 aromatic rings. The smallest absolute Gasteiger partial charge is 0.214 e. The van der Waals surface area contributed by atoms with Crippen molar-refractivity contribution in [3.05, 3.63) is 77.4 Å². The Hall–Kier alpha value is -3.87. The highest BCUT2D eigenvalue weighted by Gasteiger charge is 2.42. The van der Waals surface area contributed by atoms with Crippen LogP contribution in [0.2, 0.25) is 0 Å². The fourth-order valence-corrected chi connectivity index (χ4v) is 4.18. The molecule has 5 rings (SSSR count). The van der Waals surface area contributed by atoms with Gasteiger partial charge in [0.25, 0.3) is 0 Å². The van der Waals surface area contributed by atoms with Crippen LogP contribution in [0.4, 0.5) is 0 Å². The minimum atomic E-state index is -0.564. The highest BCUT2D eigenvalue weighted by atomic mass is 16.5. The topological polar surface area (TPSA) is 83.8 Å². The zero-order valence-electron chi connectivity index (χ0n) is 17.1. The number of para-hydroxylation sites is 1. The van der Waals surface area contributed by atoms with Crippen LogP contribution in [0, 0.1) is 0 Å². The second-order valence-electron chi connectivity index (χ2n) is 7.47. The maximum absolute atomic E-state index is 10.5. The molecule has 31 heavy (non-hydrogen) atoms. The van der Waals surface area contributed by atoms with Gasteiger partial charge in [0.1, 0.15) is 17.2 Å². The maximum atomic E-state index is 10.5. The number of methoxy groups -OCH3 is 2. The third kappa shape index (κ3) is 3.18. The molecule has 2 aliphatic rings. The monoisotopic (exact) mass is 418 g/mol. The lowest BCUT2D eigenvalue weighted by molar-refractivity contribution is -0.0210. The molecule has 0 amide bonds. The summed E-state index contributed by atoms with van der Waals surface area (Å²) in [6.07, 6.45) is 0.00527. The molecular weight excluding hydrogens is 396 g/mol. The second-order valence-corrected chi connectivity index (χ2v) is 7.47. The predicted octanol–water partition coefficient (Wildman–Crippen LogP) is 4.36. The van der Waals surface area contributed by atoms with Gasteiger partial charge in [-0.3, -0.25) is 0 Å². The zero-order valence-corrected chi connectivity index (χ0v) is 17.1. The third-order valence-electron chi connectivity index (χ3n) is 5.67. The van der Waals surface area contributed by atoms with E-state index in [1.165, 1.54) is 0 Å². The van der Waals surface area contributed by atoms with E-state index in [4.69, 9.17) is 19.3 Å². The molecule has 7 heteroatoms. The molecule has 158 valence electrons. The number of hydrazone groups is 1. The first-order valence-corrected chi connectivity index (χ1v) is 9.94. The molecule has 0 radical (unpaired) electrons. The number of nitrogens with zero attached hydrogens (tertiary/aromatic N) is 2. The average Bonchev–Trinajstić information content (AvgIpc) is 3.24. The highest BCUT2D eigenvalue weighted by Crippen LogP contribution is 2.51. The molecule has 3 aromatic carbocycles. The van der Waals surface area contributed by atoms with Crippen molar-refractivity contribution >= 4 is 5.71 Å². The summed E-state index contributed by atoms with van der Waals surface area (Å²) >= 11 is 0. The van der Waals surface area contributed by atoms with Gasteiger partial charge in [0, 0.05) is 23.1 Å². The molecule has 2 aliphatic heterocycles. The number of phenolic OH excluding ortho intramolecular Hbond substituents is 2. The van der Waals surface area contributed by atoms with Crippen LogP contribution in [0.1, 0.15) is 35.4 Å². The first-order valence-electron chi connectivity index (χ1n) is 9.94. The van der Waals surface area contributed by atoms with Crippen LogP contribution in [-0.2, 0) is 0 Å². The van der Waals surface area contributed by atoms with Crippen LogP contribution in [-0.4, -0.2) is 35.2 Å². The van der Waals surface area contributed by atoms with Crippen molar-refractivity contribution in [2.45, 2.75) is 18.7 Å². The SMILES string of the molecule is COc1ccc(O)c(C2=NN3[C@H](C2)c2cccc(OC)c2O[C@@H]3c2cccc(O)c2)c1. The summed E-state index contributed by atoms with van der Waals surface area (Å²) in [5, 5.41) is 27.2. The molecule has 2 atom stereocenters. The fourth-order valence-electron chi connectivity index (χ4n) is 4.18. The summed E-state index contributed by atoms with van der Waals surface area (Å²) < 4.78 is 17.2. The first kappa shape index (κ1) is 19.1. The molecule has 0 aliphatic carbocycles. The first-order chi connectivity index (χ1) is 15.1. The normalized spacial score (nSPS) is 19.2. The Kier molecular flexibility index (Phi) is 4.58. The van der Waals surface area contributed by atoms with E-state index in [0.29, 0.717) is 29.2 Å². The van der Waals surface area contributed by atoms with E-state index in [9.17, 15) is 10.2 Å². The minimum absolute atomic E-state index is 0.119. The van der Waals surface area contributed by atoms with Gasteiger partial charge in [0.15, 0.2) is 11.5 Å². The van der Waals surface area contributed by atoms with Crippen molar-refractivity contribution in [3.63, 3.8) is 0 Å². The van der Waals surface area contributed by atoms with Crippen LogP contribution in [0.25, 0.3) is 0 Å². The number of phenols is 2. The lowest BCUT2D eigenvalue weighted by Gasteiger charge is -2.38. The van der Waals surface area contributed by atoms with Gasteiger partial charge in [-0.25, -0.2) is 5.01 Å². The molecule has 2 heterocycles. The largest absolute Gasteiger partial charge is 0.508 e. The van der Waals surface area contributed by atoms with Gasteiger partial charge in [0.05, 0.1) is 26.0 Å². The van der Waals surface area contributed by atoms with Crippen molar-refractivity contribution < 1.29 is 24.4 Å². The van der Waals surface area contributed by atoms with Gasteiger partial charge >= 0.3 is 0 Å². The average molecular weight is 418 g/mol. The summed E-state index contributed by atoms with van der Waals surface area (Å²) in [5.74, 6) is 2.23.